The summed E-state index contributed by atoms with van der Waals surface area (Å²) in [7, 11) is 1.22. The first-order chi connectivity index (χ1) is 16.5. The number of nitrogens with zero attached hydrogens (tertiary/aromatic N) is 1. The molecule has 2 heterocycles. The molecule has 0 saturated heterocycles. The highest BCUT2D eigenvalue weighted by Crippen LogP contribution is 2.46. The molecule has 182 valence electrons. The monoisotopic (exact) mass is 493 g/mol. The van der Waals surface area contributed by atoms with Gasteiger partial charge in [-0.1, -0.05) is 6.07 Å². The maximum absolute atomic E-state index is 13.9. The molecule has 0 saturated carbocycles. The van der Waals surface area contributed by atoms with E-state index >= 15 is 0 Å². The van der Waals surface area contributed by atoms with E-state index in [0.29, 0.717) is 5.75 Å². The van der Waals surface area contributed by atoms with Gasteiger partial charge < -0.3 is 24.8 Å². The van der Waals surface area contributed by atoms with E-state index in [1.54, 1.807) is 12.1 Å². The lowest BCUT2D eigenvalue weighted by Crippen LogP contribution is -2.41. The van der Waals surface area contributed by atoms with Gasteiger partial charge >= 0.3 is 24.4 Å². The van der Waals surface area contributed by atoms with Gasteiger partial charge in [0.15, 0.2) is 5.69 Å². The van der Waals surface area contributed by atoms with Gasteiger partial charge in [-0.2, -0.15) is 8.78 Å². The summed E-state index contributed by atoms with van der Waals surface area (Å²) in [4.78, 5) is 27.8. The Morgan fingerprint density at radius 2 is 1.66 bits per heavy atom. The summed E-state index contributed by atoms with van der Waals surface area (Å²) in [5.41, 5.74) is -0.788. The van der Waals surface area contributed by atoms with Gasteiger partial charge in [0.05, 0.1) is 12.7 Å². The van der Waals surface area contributed by atoms with Gasteiger partial charge in [-0.15, -0.1) is 8.78 Å². The molecule has 9 nitrogen and oxygen atoms in total. The second-order valence-electron chi connectivity index (χ2n) is 6.97. The highest BCUT2D eigenvalue weighted by atomic mass is 19.3. The molecule has 1 aromatic heterocycles. The van der Waals surface area contributed by atoms with Crippen molar-refractivity contribution < 1.29 is 46.1 Å². The number of benzene rings is 2. The molecular weight excluding hydrogens is 478 g/mol. The van der Waals surface area contributed by atoms with E-state index in [9.17, 15) is 27.2 Å². The molecule has 4 rings (SSSR count). The summed E-state index contributed by atoms with van der Waals surface area (Å²) < 4.78 is 71.8. The second-order valence-corrected chi connectivity index (χ2v) is 6.97. The number of esters is 1. The highest BCUT2D eigenvalue weighted by Gasteiger charge is 2.54. The molecule has 0 unspecified atom stereocenters. The number of amides is 2. The fourth-order valence-electron chi connectivity index (χ4n) is 3.03. The molecule has 0 radical (unpaired) electrons. The first-order valence-corrected chi connectivity index (χ1v) is 9.74. The zero-order valence-corrected chi connectivity index (χ0v) is 17.7. The minimum atomic E-state index is -4.49. The number of hydrogen-bond donors (Lipinski definition) is 2. The van der Waals surface area contributed by atoms with Gasteiger partial charge in [0.2, 0.25) is 0 Å². The van der Waals surface area contributed by atoms with Crippen LogP contribution in [0.3, 0.4) is 0 Å². The molecule has 1 aliphatic rings. The number of anilines is 2. The third-order valence-corrected chi connectivity index (χ3v) is 4.48. The van der Waals surface area contributed by atoms with Gasteiger partial charge in [-0.25, -0.2) is 19.3 Å². The summed E-state index contributed by atoms with van der Waals surface area (Å²) in [6, 6.07) is 10.9. The normalized spacial score (nSPS) is 15.2. The number of alkyl halides is 4. The number of rotatable bonds is 5. The lowest BCUT2D eigenvalue weighted by molar-refractivity contribution is -0.461. The Kier molecular flexibility index (Phi) is 6.18. The molecular formula is C22H15F4N3O6. The van der Waals surface area contributed by atoms with Crippen LogP contribution in [-0.4, -0.2) is 30.4 Å². The van der Waals surface area contributed by atoms with Gasteiger partial charge in [0.1, 0.15) is 17.2 Å². The third kappa shape index (κ3) is 5.58. The molecule has 0 spiro atoms. The maximum Gasteiger partial charge on any atom is 0.540 e. The fraction of sp³-hybridized carbons (Fsp3) is 0.136. The Hall–Kier alpha value is -4.39. The lowest BCUT2D eigenvalue weighted by Gasteiger charge is -2.30. The zero-order valence-electron chi connectivity index (χ0n) is 17.7. The van der Waals surface area contributed by atoms with Crippen molar-refractivity contribution in [2.24, 2.45) is 0 Å². The molecule has 0 atom stereocenters. The van der Waals surface area contributed by atoms with Crippen molar-refractivity contribution in [1.29, 1.82) is 0 Å². The van der Waals surface area contributed by atoms with Crippen LogP contribution in [0.5, 0.6) is 17.2 Å². The molecule has 2 aromatic carbocycles. The van der Waals surface area contributed by atoms with Crippen molar-refractivity contribution in [3.8, 4) is 17.2 Å². The van der Waals surface area contributed by atoms with Crippen molar-refractivity contribution >= 4 is 23.4 Å². The topological polar surface area (TPSA) is 108 Å². The Morgan fingerprint density at radius 3 is 2.40 bits per heavy atom. The van der Waals surface area contributed by atoms with Crippen LogP contribution in [0.1, 0.15) is 16.1 Å². The molecule has 0 bridgehead atoms. The van der Waals surface area contributed by atoms with Gasteiger partial charge in [0.25, 0.3) is 0 Å². The van der Waals surface area contributed by atoms with Crippen molar-refractivity contribution in [3.63, 3.8) is 0 Å². The molecule has 2 N–H and O–H groups in total. The number of pyridine rings is 1. The van der Waals surface area contributed by atoms with Gasteiger partial charge in [0, 0.05) is 29.7 Å². The number of ether oxygens (including phenoxy) is 4. The average Bonchev–Trinajstić information content (AvgIpc) is 2.78. The van der Waals surface area contributed by atoms with E-state index in [1.807, 2.05) is 0 Å². The number of methoxy groups -OCH3 is 1. The minimum absolute atomic E-state index is 0.0359. The van der Waals surface area contributed by atoms with Crippen LogP contribution in [0.15, 0.2) is 60.8 Å². The smallest absolute Gasteiger partial charge is 0.464 e. The van der Waals surface area contributed by atoms with E-state index in [4.69, 9.17) is 4.74 Å². The van der Waals surface area contributed by atoms with E-state index in [0.717, 1.165) is 18.2 Å². The van der Waals surface area contributed by atoms with Crippen LogP contribution in [-0.2, 0) is 15.6 Å². The highest BCUT2D eigenvalue weighted by molar-refractivity contribution is 6.00. The summed E-state index contributed by atoms with van der Waals surface area (Å²) in [6.45, 7) is 0. The first-order valence-electron chi connectivity index (χ1n) is 9.74. The molecule has 0 fully saturated rings. The number of hydrogen-bond acceptors (Lipinski definition) is 7. The van der Waals surface area contributed by atoms with Crippen molar-refractivity contribution in [3.05, 3.63) is 72.1 Å². The number of aromatic nitrogens is 1. The van der Waals surface area contributed by atoms with Crippen molar-refractivity contribution in [2.75, 3.05) is 17.7 Å². The SMILES string of the molecule is COC(=O)c1cc(Oc2cccc(NC(=O)Nc3ccc4c(c3)C(F)(F)OC(F)(F)O4)c2)ccn1. The first kappa shape index (κ1) is 23.8. The van der Waals surface area contributed by atoms with Gasteiger partial charge in [-0.05, 0) is 36.4 Å². The maximum atomic E-state index is 13.9. The number of carbonyl (C=O) groups is 2. The van der Waals surface area contributed by atoms with E-state index < -0.39 is 35.7 Å². The Bertz CT molecular complexity index is 1290. The Balaban J connectivity index is 1.44. The lowest BCUT2D eigenvalue weighted by atomic mass is 10.1. The molecule has 2 amide bonds. The van der Waals surface area contributed by atoms with Crippen LogP contribution >= 0.6 is 0 Å². The average molecular weight is 493 g/mol. The number of urea groups is 1. The Labute approximate surface area is 194 Å². The minimum Gasteiger partial charge on any atom is -0.464 e. The molecule has 35 heavy (non-hydrogen) atoms. The summed E-state index contributed by atoms with van der Waals surface area (Å²) in [5.74, 6) is -0.844. The predicted octanol–water partition coefficient (Wildman–Crippen LogP) is 5.31. The second kappa shape index (κ2) is 9.10. The van der Waals surface area contributed by atoms with E-state index in [2.05, 4.69) is 29.8 Å². The fourth-order valence-corrected chi connectivity index (χ4v) is 3.03. The molecule has 1 aliphatic heterocycles. The zero-order chi connectivity index (χ0) is 25.2. The Morgan fingerprint density at radius 1 is 0.943 bits per heavy atom. The quantitative estimate of drug-likeness (QED) is 0.366. The van der Waals surface area contributed by atoms with E-state index in [1.165, 1.54) is 37.6 Å². The predicted molar refractivity (Wildman–Crippen MR) is 112 cm³/mol. The van der Waals surface area contributed by atoms with Crippen LogP contribution < -0.4 is 20.1 Å². The summed E-state index contributed by atoms with van der Waals surface area (Å²) in [5, 5.41) is 4.79. The molecule has 3 aromatic rings. The number of carbonyl (C=O) groups excluding carboxylic acids is 2. The summed E-state index contributed by atoms with van der Waals surface area (Å²) >= 11 is 0. The van der Waals surface area contributed by atoms with E-state index in [-0.39, 0.29) is 22.8 Å². The van der Waals surface area contributed by atoms with Crippen LogP contribution in [0.2, 0.25) is 0 Å². The third-order valence-electron chi connectivity index (χ3n) is 4.48. The van der Waals surface area contributed by atoms with Gasteiger partial charge in [-0.3, -0.25) is 0 Å². The number of fused-ring (bicyclic) bond motifs is 1. The molecule has 13 heteroatoms. The number of nitrogens with one attached hydrogen (secondary N) is 2. The standard InChI is InChI=1S/C22H15F4N3O6/c1-32-19(30)17-11-15(7-8-27-17)33-14-4-2-3-12(9-14)28-20(31)29-13-5-6-18-16(10-13)21(23,24)35-22(25,26)34-18/h2-11H,1H3,(H2,28,29,31). The summed E-state index contributed by atoms with van der Waals surface area (Å²) in [6.07, 6.45) is -7.47. The van der Waals surface area contributed by atoms with Crippen LogP contribution in [0, 0.1) is 0 Å². The van der Waals surface area contributed by atoms with Crippen molar-refractivity contribution in [2.45, 2.75) is 12.4 Å². The van der Waals surface area contributed by atoms with Crippen LogP contribution in [0.4, 0.5) is 33.7 Å². The largest absolute Gasteiger partial charge is 0.540 e. The van der Waals surface area contributed by atoms with Crippen molar-refractivity contribution in [1.82, 2.24) is 4.98 Å². The molecule has 0 aliphatic carbocycles. The van der Waals surface area contributed by atoms with Crippen LogP contribution in [0.25, 0.3) is 0 Å². The number of halogens is 4.